The first-order valence-corrected chi connectivity index (χ1v) is 4.70. The van der Waals surface area contributed by atoms with Gasteiger partial charge in [0, 0.05) is 11.4 Å². The van der Waals surface area contributed by atoms with E-state index in [1.54, 1.807) is 12.1 Å². The normalized spacial score (nSPS) is 18.8. The molecule has 0 spiro atoms. The molecule has 2 rings (SSSR count). The number of benzene rings is 1. The van der Waals surface area contributed by atoms with Crippen molar-refractivity contribution in [3.05, 3.63) is 28.8 Å². The smallest absolute Gasteiger partial charge is 0.307 e. The van der Waals surface area contributed by atoms with Crippen LogP contribution in [0.4, 0.5) is 0 Å². The summed E-state index contributed by atoms with van der Waals surface area (Å²) in [6, 6.07) is 5.38. The molecule has 14 heavy (non-hydrogen) atoms. The van der Waals surface area contributed by atoms with Crippen LogP contribution >= 0.6 is 11.6 Å². The first kappa shape index (κ1) is 9.34. The molecule has 1 atom stereocenters. The van der Waals surface area contributed by atoms with Gasteiger partial charge in [-0.3, -0.25) is 4.79 Å². The van der Waals surface area contributed by atoms with Gasteiger partial charge >= 0.3 is 5.97 Å². The molecule has 0 aromatic heterocycles. The van der Waals surface area contributed by atoms with E-state index in [1.807, 2.05) is 6.07 Å². The zero-order valence-electron chi connectivity index (χ0n) is 7.37. The Hall–Kier alpha value is -1.22. The summed E-state index contributed by atoms with van der Waals surface area (Å²) in [5, 5.41) is 9.21. The van der Waals surface area contributed by atoms with Gasteiger partial charge in [0.15, 0.2) is 0 Å². The van der Waals surface area contributed by atoms with Gasteiger partial charge in [-0.05, 0) is 17.7 Å². The van der Waals surface area contributed by atoms with E-state index in [0.717, 1.165) is 5.56 Å². The Morgan fingerprint density at radius 2 is 2.43 bits per heavy atom. The summed E-state index contributed by atoms with van der Waals surface area (Å²) in [6.07, 6.45) is 0.437. The number of carboxylic acid groups (broad SMARTS) is 1. The number of carbonyl (C=O) groups is 1. The van der Waals surface area contributed by atoms with E-state index in [1.165, 1.54) is 0 Å². The van der Waals surface area contributed by atoms with Crippen molar-refractivity contribution in [2.45, 2.75) is 18.9 Å². The van der Waals surface area contributed by atoms with Crippen LogP contribution in [0, 0.1) is 0 Å². The third-order valence-electron chi connectivity index (χ3n) is 2.17. The van der Waals surface area contributed by atoms with Gasteiger partial charge in [-0.1, -0.05) is 17.7 Å². The number of hydrogen-bond acceptors (Lipinski definition) is 2. The molecule has 0 aliphatic carbocycles. The fraction of sp³-hybridized carbons (Fsp3) is 0.300. The number of rotatable bonds is 2. The lowest BCUT2D eigenvalue weighted by atomic mass is 10.1. The molecular weight excluding hydrogens is 204 g/mol. The van der Waals surface area contributed by atoms with Crippen molar-refractivity contribution in [2.75, 3.05) is 0 Å². The minimum atomic E-state index is -0.839. The molecule has 3 nitrogen and oxygen atoms in total. The molecule has 0 radical (unpaired) electrons. The number of carboxylic acids is 1. The van der Waals surface area contributed by atoms with Crippen LogP contribution in [0.25, 0.3) is 0 Å². The van der Waals surface area contributed by atoms with Crippen molar-refractivity contribution in [1.29, 1.82) is 0 Å². The van der Waals surface area contributed by atoms with Gasteiger partial charge in [-0.15, -0.1) is 0 Å². The van der Waals surface area contributed by atoms with Gasteiger partial charge in [-0.2, -0.15) is 0 Å². The molecule has 4 heteroatoms. The minimum absolute atomic E-state index is 0.0340. The van der Waals surface area contributed by atoms with Crippen molar-refractivity contribution in [2.24, 2.45) is 0 Å². The summed E-state index contributed by atoms with van der Waals surface area (Å²) in [4.78, 5) is 10.5. The van der Waals surface area contributed by atoms with Crippen molar-refractivity contribution in [3.8, 4) is 5.75 Å². The summed E-state index contributed by atoms with van der Waals surface area (Å²) >= 11 is 5.78. The highest BCUT2D eigenvalue weighted by Crippen LogP contribution is 2.32. The Bertz CT molecular complexity index is 376. The van der Waals surface area contributed by atoms with E-state index < -0.39 is 5.97 Å². The van der Waals surface area contributed by atoms with E-state index in [2.05, 4.69) is 0 Å². The number of fused-ring (bicyclic) bond motifs is 1. The highest BCUT2D eigenvalue weighted by Gasteiger charge is 2.24. The quantitative estimate of drug-likeness (QED) is 0.817. The zero-order valence-corrected chi connectivity index (χ0v) is 8.12. The van der Waals surface area contributed by atoms with Gasteiger partial charge in [0.2, 0.25) is 0 Å². The van der Waals surface area contributed by atoms with Crippen LogP contribution in [0.2, 0.25) is 5.02 Å². The molecule has 0 amide bonds. The maximum atomic E-state index is 10.5. The van der Waals surface area contributed by atoms with Gasteiger partial charge in [0.25, 0.3) is 0 Å². The molecule has 0 bridgehead atoms. The highest BCUT2D eigenvalue weighted by molar-refractivity contribution is 6.30. The van der Waals surface area contributed by atoms with Gasteiger partial charge in [0.1, 0.15) is 11.9 Å². The fourth-order valence-corrected chi connectivity index (χ4v) is 1.74. The second-order valence-electron chi connectivity index (χ2n) is 3.29. The van der Waals surface area contributed by atoms with Crippen LogP contribution in [0.15, 0.2) is 18.2 Å². The molecule has 1 aromatic carbocycles. The summed E-state index contributed by atoms with van der Waals surface area (Å²) < 4.78 is 5.43. The molecule has 0 unspecified atom stereocenters. The second-order valence-corrected chi connectivity index (χ2v) is 3.73. The average molecular weight is 213 g/mol. The molecule has 0 fully saturated rings. The number of aliphatic carboxylic acids is 1. The molecule has 74 valence electrons. The van der Waals surface area contributed by atoms with E-state index in [0.29, 0.717) is 17.2 Å². The summed E-state index contributed by atoms with van der Waals surface area (Å²) in [5.41, 5.74) is 1.03. The zero-order chi connectivity index (χ0) is 10.1. The standard InChI is InChI=1S/C10H9ClO3/c11-7-2-1-6-3-8(5-10(12)13)14-9(6)4-7/h1-2,4,8H,3,5H2,(H,12,13)/t8-/m1/s1. The highest BCUT2D eigenvalue weighted by atomic mass is 35.5. The topological polar surface area (TPSA) is 46.5 Å². The molecule has 1 aromatic rings. The summed E-state index contributed by atoms with van der Waals surface area (Å²) in [6.45, 7) is 0. The maximum Gasteiger partial charge on any atom is 0.307 e. The Morgan fingerprint density at radius 1 is 1.64 bits per heavy atom. The van der Waals surface area contributed by atoms with Gasteiger partial charge in [0.05, 0.1) is 6.42 Å². The lowest BCUT2D eigenvalue weighted by molar-refractivity contribution is -0.138. The van der Waals surface area contributed by atoms with Crippen LogP contribution in [0.1, 0.15) is 12.0 Å². The monoisotopic (exact) mass is 212 g/mol. The Balaban J connectivity index is 2.14. The molecule has 0 saturated heterocycles. The third-order valence-corrected chi connectivity index (χ3v) is 2.41. The first-order valence-electron chi connectivity index (χ1n) is 4.32. The van der Waals surface area contributed by atoms with Crippen molar-refractivity contribution in [3.63, 3.8) is 0 Å². The van der Waals surface area contributed by atoms with Crippen LogP contribution < -0.4 is 4.74 Å². The molecule has 0 saturated carbocycles. The second kappa shape index (κ2) is 3.50. The SMILES string of the molecule is O=C(O)C[C@H]1Cc2ccc(Cl)cc2O1. The first-order chi connectivity index (χ1) is 6.65. The average Bonchev–Trinajstić information content (AvgIpc) is 2.44. The lowest BCUT2D eigenvalue weighted by Gasteiger charge is -2.06. The van der Waals surface area contributed by atoms with Crippen LogP contribution in [0.5, 0.6) is 5.75 Å². The Labute approximate surface area is 86.3 Å². The molecule has 1 N–H and O–H groups in total. The van der Waals surface area contributed by atoms with Crippen molar-refractivity contribution in [1.82, 2.24) is 0 Å². The van der Waals surface area contributed by atoms with Crippen LogP contribution in [-0.2, 0) is 11.2 Å². The molecule has 1 heterocycles. The maximum absolute atomic E-state index is 10.5. The van der Waals surface area contributed by atoms with E-state index in [4.69, 9.17) is 21.4 Å². The number of ether oxygens (including phenoxy) is 1. The largest absolute Gasteiger partial charge is 0.489 e. The van der Waals surface area contributed by atoms with E-state index >= 15 is 0 Å². The number of halogens is 1. The predicted octanol–water partition coefficient (Wildman–Crippen LogP) is 2.12. The van der Waals surface area contributed by atoms with E-state index in [9.17, 15) is 4.79 Å². The Morgan fingerprint density at radius 3 is 3.14 bits per heavy atom. The third kappa shape index (κ3) is 1.82. The fourth-order valence-electron chi connectivity index (χ4n) is 1.58. The minimum Gasteiger partial charge on any atom is -0.489 e. The van der Waals surface area contributed by atoms with Gasteiger partial charge < -0.3 is 9.84 Å². The van der Waals surface area contributed by atoms with Crippen LogP contribution in [0.3, 0.4) is 0 Å². The lowest BCUT2D eigenvalue weighted by Crippen LogP contribution is -2.17. The summed E-state index contributed by atoms with van der Waals surface area (Å²) in [7, 11) is 0. The predicted molar refractivity (Wildman–Crippen MR) is 51.8 cm³/mol. The number of hydrogen-bond donors (Lipinski definition) is 1. The van der Waals surface area contributed by atoms with Gasteiger partial charge in [-0.25, -0.2) is 0 Å². The van der Waals surface area contributed by atoms with Crippen molar-refractivity contribution < 1.29 is 14.6 Å². The van der Waals surface area contributed by atoms with Crippen molar-refractivity contribution >= 4 is 17.6 Å². The summed E-state index contributed by atoms with van der Waals surface area (Å²) in [5.74, 6) is -0.127. The molecular formula is C10H9ClO3. The van der Waals surface area contributed by atoms with Crippen LogP contribution in [-0.4, -0.2) is 17.2 Å². The molecule has 1 aliphatic heterocycles. The Kier molecular flexibility index (Phi) is 2.33. The van der Waals surface area contributed by atoms with E-state index in [-0.39, 0.29) is 12.5 Å². The molecule has 1 aliphatic rings.